The number of aliphatic carboxylic acids is 1. The van der Waals surface area contributed by atoms with Gasteiger partial charge in [0.15, 0.2) is 0 Å². The summed E-state index contributed by atoms with van der Waals surface area (Å²) in [6.45, 7) is 0.608. The molecule has 5 heteroatoms. The van der Waals surface area contributed by atoms with E-state index in [2.05, 4.69) is 5.32 Å². The van der Waals surface area contributed by atoms with Crippen LogP contribution in [0.1, 0.15) is 12.8 Å². The lowest BCUT2D eigenvalue weighted by atomic mass is 10.2. The molecule has 1 aliphatic heterocycles. The topological polar surface area (TPSA) is 89.8 Å². The molecule has 1 aliphatic rings. The van der Waals surface area contributed by atoms with Gasteiger partial charge in [-0.25, -0.2) is 0 Å². The standard InChI is InChI=1S/C5H9NO2.C2H6O2/c7-5(8)4-2-1-3-6-4;3-1-2-4/h4,6H,1-3H2,(H,7,8);3-4H,1-2H2. The normalized spacial score (nSPS) is 21.3. The molecular formula is C7H15NO4. The van der Waals surface area contributed by atoms with Crippen molar-refractivity contribution in [2.75, 3.05) is 19.8 Å². The summed E-state index contributed by atoms with van der Waals surface area (Å²) in [5.74, 6) is -0.720. The lowest BCUT2D eigenvalue weighted by Crippen LogP contribution is -2.29. The van der Waals surface area contributed by atoms with Crippen molar-refractivity contribution in [1.29, 1.82) is 0 Å². The summed E-state index contributed by atoms with van der Waals surface area (Å²) in [7, 11) is 0. The predicted octanol–water partition coefficient (Wildman–Crippen LogP) is -1.21. The summed E-state index contributed by atoms with van der Waals surface area (Å²) in [5, 5.41) is 26.5. The van der Waals surface area contributed by atoms with Crippen molar-refractivity contribution >= 4 is 5.97 Å². The maximum Gasteiger partial charge on any atom is 0.320 e. The molecule has 1 saturated heterocycles. The van der Waals surface area contributed by atoms with E-state index in [1.165, 1.54) is 0 Å². The van der Waals surface area contributed by atoms with Crippen LogP contribution in [0.5, 0.6) is 0 Å². The van der Waals surface area contributed by atoms with Gasteiger partial charge < -0.3 is 20.6 Å². The number of carboxylic acids is 1. The lowest BCUT2D eigenvalue weighted by molar-refractivity contribution is -0.139. The number of carbonyl (C=O) groups is 1. The second kappa shape index (κ2) is 7.02. The second-order valence-corrected chi connectivity index (χ2v) is 2.43. The van der Waals surface area contributed by atoms with Crippen LogP contribution < -0.4 is 5.32 Å². The van der Waals surface area contributed by atoms with E-state index in [0.717, 1.165) is 19.4 Å². The van der Waals surface area contributed by atoms with Crippen LogP contribution >= 0.6 is 0 Å². The summed E-state index contributed by atoms with van der Waals surface area (Å²) in [5.41, 5.74) is 0. The van der Waals surface area contributed by atoms with Crippen molar-refractivity contribution in [3.8, 4) is 0 Å². The van der Waals surface area contributed by atoms with Gasteiger partial charge in [-0.05, 0) is 19.4 Å². The highest BCUT2D eigenvalue weighted by Crippen LogP contribution is 2.03. The Hall–Kier alpha value is -0.650. The predicted molar refractivity (Wildman–Crippen MR) is 42.8 cm³/mol. The number of carboxylic acid groups (broad SMARTS) is 1. The van der Waals surface area contributed by atoms with Crippen LogP contribution in [0.4, 0.5) is 0 Å². The number of hydrogen-bond donors (Lipinski definition) is 4. The van der Waals surface area contributed by atoms with Crippen molar-refractivity contribution < 1.29 is 20.1 Å². The highest BCUT2D eigenvalue weighted by Gasteiger charge is 2.20. The minimum atomic E-state index is -0.720. The quantitative estimate of drug-likeness (QED) is 0.425. The molecule has 4 N–H and O–H groups in total. The molecule has 1 fully saturated rings. The van der Waals surface area contributed by atoms with Crippen LogP contribution in [-0.2, 0) is 4.79 Å². The molecule has 0 aromatic rings. The first kappa shape index (κ1) is 11.4. The third-order valence-electron chi connectivity index (χ3n) is 1.46. The van der Waals surface area contributed by atoms with E-state index in [1.54, 1.807) is 0 Å². The number of hydrogen-bond acceptors (Lipinski definition) is 4. The van der Waals surface area contributed by atoms with Gasteiger partial charge in [-0.15, -0.1) is 0 Å². The molecule has 0 spiro atoms. The van der Waals surface area contributed by atoms with Crippen molar-refractivity contribution in [2.24, 2.45) is 0 Å². The molecule has 0 aromatic carbocycles. The maximum atomic E-state index is 10.1. The number of aliphatic hydroxyl groups excluding tert-OH is 2. The molecule has 0 radical (unpaired) electrons. The molecule has 1 unspecified atom stereocenters. The zero-order valence-electron chi connectivity index (χ0n) is 6.86. The highest BCUT2D eigenvalue weighted by molar-refractivity contribution is 5.73. The van der Waals surface area contributed by atoms with Crippen LogP contribution in [-0.4, -0.2) is 47.1 Å². The molecule has 0 bridgehead atoms. The minimum Gasteiger partial charge on any atom is -0.480 e. The molecule has 1 rings (SSSR count). The first-order chi connectivity index (χ1) is 5.72. The Balaban J connectivity index is 0.000000261. The van der Waals surface area contributed by atoms with Gasteiger partial charge in [-0.3, -0.25) is 4.79 Å². The number of aliphatic hydroxyl groups is 2. The van der Waals surface area contributed by atoms with Gasteiger partial charge in [0.1, 0.15) is 6.04 Å². The Morgan fingerprint density at radius 1 is 1.42 bits per heavy atom. The van der Waals surface area contributed by atoms with Crippen molar-refractivity contribution in [2.45, 2.75) is 18.9 Å². The van der Waals surface area contributed by atoms with Gasteiger partial charge in [-0.1, -0.05) is 0 Å². The van der Waals surface area contributed by atoms with Gasteiger partial charge in [0, 0.05) is 0 Å². The van der Waals surface area contributed by atoms with E-state index < -0.39 is 5.97 Å². The van der Waals surface area contributed by atoms with E-state index >= 15 is 0 Å². The van der Waals surface area contributed by atoms with Crippen LogP contribution in [0.2, 0.25) is 0 Å². The third-order valence-corrected chi connectivity index (χ3v) is 1.46. The van der Waals surface area contributed by atoms with E-state index in [1.807, 2.05) is 0 Å². The van der Waals surface area contributed by atoms with Gasteiger partial charge in [0.2, 0.25) is 0 Å². The molecule has 0 aromatic heterocycles. The monoisotopic (exact) mass is 177 g/mol. The summed E-state index contributed by atoms with van der Waals surface area (Å²) >= 11 is 0. The SMILES string of the molecule is O=C(O)C1CCCN1.OCCO. The van der Waals surface area contributed by atoms with Gasteiger partial charge in [0.25, 0.3) is 0 Å². The fourth-order valence-corrected chi connectivity index (χ4v) is 0.895. The highest BCUT2D eigenvalue weighted by atomic mass is 16.4. The first-order valence-electron chi connectivity index (χ1n) is 3.90. The Kier molecular flexibility index (Phi) is 6.64. The molecule has 5 nitrogen and oxygen atoms in total. The number of nitrogens with one attached hydrogen (secondary N) is 1. The molecule has 0 aliphatic carbocycles. The zero-order valence-corrected chi connectivity index (χ0v) is 6.86. The largest absolute Gasteiger partial charge is 0.480 e. The third kappa shape index (κ3) is 5.06. The van der Waals surface area contributed by atoms with Crippen LogP contribution in [0, 0.1) is 0 Å². The molecular weight excluding hydrogens is 162 g/mol. The maximum absolute atomic E-state index is 10.1. The van der Waals surface area contributed by atoms with Crippen molar-refractivity contribution in [1.82, 2.24) is 5.32 Å². The molecule has 1 atom stereocenters. The Morgan fingerprint density at radius 2 is 2.00 bits per heavy atom. The molecule has 0 amide bonds. The smallest absolute Gasteiger partial charge is 0.320 e. The van der Waals surface area contributed by atoms with Crippen molar-refractivity contribution in [3.05, 3.63) is 0 Å². The van der Waals surface area contributed by atoms with Crippen molar-refractivity contribution in [3.63, 3.8) is 0 Å². The zero-order chi connectivity index (χ0) is 9.40. The average molecular weight is 177 g/mol. The lowest BCUT2D eigenvalue weighted by Gasteiger charge is -1.99. The van der Waals surface area contributed by atoms with E-state index in [0.29, 0.717) is 0 Å². The Morgan fingerprint density at radius 3 is 2.17 bits per heavy atom. The molecule has 72 valence electrons. The van der Waals surface area contributed by atoms with E-state index in [9.17, 15) is 4.79 Å². The summed E-state index contributed by atoms with van der Waals surface area (Å²) in [4.78, 5) is 10.1. The van der Waals surface area contributed by atoms with E-state index in [4.69, 9.17) is 15.3 Å². The first-order valence-corrected chi connectivity index (χ1v) is 3.90. The molecule has 12 heavy (non-hydrogen) atoms. The fraction of sp³-hybridized carbons (Fsp3) is 0.857. The summed E-state index contributed by atoms with van der Waals surface area (Å²) < 4.78 is 0. The van der Waals surface area contributed by atoms with Crippen LogP contribution in [0.15, 0.2) is 0 Å². The summed E-state index contributed by atoms with van der Waals surface area (Å²) in [6, 6.07) is -0.269. The molecule has 0 saturated carbocycles. The van der Waals surface area contributed by atoms with Gasteiger partial charge >= 0.3 is 5.97 Å². The Labute approximate surface area is 71.0 Å². The summed E-state index contributed by atoms with van der Waals surface area (Å²) in [6.07, 6.45) is 1.78. The van der Waals surface area contributed by atoms with Crippen LogP contribution in [0.3, 0.4) is 0 Å². The van der Waals surface area contributed by atoms with Gasteiger partial charge in [0.05, 0.1) is 13.2 Å². The van der Waals surface area contributed by atoms with Gasteiger partial charge in [-0.2, -0.15) is 0 Å². The molecule has 1 heterocycles. The second-order valence-electron chi connectivity index (χ2n) is 2.43. The minimum absolute atomic E-state index is 0.125. The average Bonchev–Trinajstić information content (AvgIpc) is 2.57. The Bertz CT molecular complexity index is 121. The fourth-order valence-electron chi connectivity index (χ4n) is 0.895. The van der Waals surface area contributed by atoms with E-state index in [-0.39, 0.29) is 19.3 Å². The number of rotatable bonds is 2. The van der Waals surface area contributed by atoms with Crippen LogP contribution in [0.25, 0.3) is 0 Å².